The lowest BCUT2D eigenvalue weighted by atomic mass is 10.00. The Hall–Kier alpha value is -1.84. The maximum absolute atomic E-state index is 10.6. The average Bonchev–Trinajstić information content (AvgIpc) is 2.04. The van der Waals surface area contributed by atoms with Gasteiger partial charge in [0.1, 0.15) is 0 Å². The van der Waals surface area contributed by atoms with Gasteiger partial charge in [0, 0.05) is 0 Å². The summed E-state index contributed by atoms with van der Waals surface area (Å²) in [6.45, 7) is 0. The molecule has 2 N–H and O–H groups in total. The SMILES string of the molecule is O=C(O)C(C(=O)O)c1cc[c]cc1. The summed E-state index contributed by atoms with van der Waals surface area (Å²) in [4.78, 5) is 21.1. The lowest BCUT2D eigenvalue weighted by Crippen LogP contribution is -2.20. The van der Waals surface area contributed by atoms with Crippen molar-refractivity contribution in [2.24, 2.45) is 0 Å². The number of hydrogen-bond donors (Lipinski definition) is 2. The third-order valence-electron chi connectivity index (χ3n) is 1.57. The lowest BCUT2D eigenvalue weighted by molar-refractivity contribution is -0.150. The van der Waals surface area contributed by atoms with Gasteiger partial charge in [0.05, 0.1) is 0 Å². The van der Waals surface area contributed by atoms with Gasteiger partial charge >= 0.3 is 11.9 Å². The van der Waals surface area contributed by atoms with Crippen molar-refractivity contribution in [3.05, 3.63) is 35.9 Å². The number of carboxylic acids is 2. The van der Waals surface area contributed by atoms with Crippen molar-refractivity contribution < 1.29 is 19.8 Å². The molecule has 0 saturated carbocycles. The van der Waals surface area contributed by atoms with Gasteiger partial charge in [0.2, 0.25) is 0 Å². The normalized spacial score (nSPS) is 9.92. The molecule has 0 atom stereocenters. The van der Waals surface area contributed by atoms with Crippen molar-refractivity contribution in [3.8, 4) is 0 Å². The predicted octanol–water partition coefficient (Wildman–Crippen LogP) is 0.740. The summed E-state index contributed by atoms with van der Waals surface area (Å²) < 4.78 is 0. The molecule has 0 aliphatic rings. The van der Waals surface area contributed by atoms with Crippen molar-refractivity contribution >= 4 is 11.9 Å². The minimum atomic E-state index is -1.49. The average molecular weight is 179 g/mol. The maximum Gasteiger partial charge on any atom is 0.322 e. The topological polar surface area (TPSA) is 74.6 Å². The monoisotopic (exact) mass is 179 g/mol. The smallest absolute Gasteiger partial charge is 0.322 e. The summed E-state index contributed by atoms with van der Waals surface area (Å²) in [6.07, 6.45) is 0. The Kier molecular flexibility index (Phi) is 2.64. The first-order chi connectivity index (χ1) is 6.13. The quantitative estimate of drug-likeness (QED) is 0.671. The van der Waals surface area contributed by atoms with E-state index in [0.717, 1.165) is 0 Å². The van der Waals surface area contributed by atoms with E-state index in [1.807, 2.05) is 0 Å². The van der Waals surface area contributed by atoms with Crippen LogP contribution in [-0.4, -0.2) is 22.2 Å². The first kappa shape index (κ1) is 9.25. The van der Waals surface area contributed by atoms with Gasteiger partial charge < -0.3 is 10.2 Å². The number of rotatable bonds is 3. The molecule has 1 aromatic carbocycles. The summed E-state index contributed by atoms with van der Waals surface area (Å²) in [6, 6.07) is 8.49. The Morgan fingerprint density at radius 3 is 2.00 bits per heavy atom. The van der Waals surface area contributed by atoms with Crippen LogP contribution >= 0.6 is 0 Å². The van der Waals surface area contributed by atoms with Crippen LogP contribution in [0.1, 0.15) is 11.5 Å². The van der Waals surface area contributed by atoms with Crippen LogP contribution in [0.2, 0.25) is 0 Å². The molecule has 1 rings (SSSR count). The Balaban J connectivity index is 3.03. The predicted molar refractivity (Wildman–Crippen MR) is 43.3 cm³/mol. The van der Waals surface area contributed by atoms with Gasteiger partial charge in [-0.15, -0.1) is 0 Å². The highest BCUT2D eigenvalue weighted by Crippen LogP contribution is 2.15. The van der Waals surface area contributed by atoms with Crippen LogP contribution in [0.5, 0.6) is 0 Å². The van der Waals surface area contributed by atoms with Crippen LogP contribution in [0.25, 0.3) is 0 Å². The molecule has 0 aliphatic heterocycles. The van der Waals surface area contributed by atoms with E-state index in [1.165, 1.54) is 24.3 Å². The van der Waals surface area contributed by atoms with Gasteiger partial charge in [-0.3, -0.25) is 9.59 Å². The molecular formula is C9H7O4. The van der Waals surface area contributed by atoms with E-state index in [9.17, 15) is 9.59 Å². The van der Waals surface area contributed by atoms with Gasteiger partial charge in [0.15, 0.2) is 5.92 Å². The lowest BCUT2D eigenvalue weighted by Gasteiger charge is -2.05. The number of aliphatic carboxylic acids is 2. The fraction of sp³-hybridized carbons (Fsp3) is 0.111. The van der Waals surface area contributed by atoms with Crippen LogP contribution in [0, 0.1) is 6.07 Å². The van der Waals surface area contributed by atoms with Crippen molar-refractivity contribution in [1.82, 2.24) is 0 Å². The zero-order chi connectivity index (χ0) is 9.84. The second kappa shape index (κ2) is 3.71. The number of carbonyl (C=O) groups is 2. The summed E-state index contributed by atoms with van der Waals surface area (Å²) in [7, 11) is 0. The van der Waals surface area contributed by atoms with E-state index >= 15 is 0 Å². The fourth-order valence-corrected chi connectivity index (χ4v) is 0.983. The summed E-state index contributed by atoms with van der Waals surface area (Å²) in [5.41, 5.74) is 0.249. The van der Waals surface area contributed by atoms with E-state index in [2.05, 4.69) is 6.07 Å². The Morgan fingerprint density at radius 1 is 1.15 bits per heavy atom. The van der Waals surface area contributed by atoms with Crippen LogP contribution in [0.15, 0.2) is 24.3 Å². The first-order valence-corrected chi connectivity index (χ1v) is 3.54. The van der Waals surface area contributed by atoms with E-state index < -0.39 is 17.9 Å². The zero-order valence-electron chi connectivity index (χ0n) is 6.60. The molecule has 67 valence electrons. The standard InChI is InChI=1S/C9H7O4/c10-8(11)7(9(12)13)6-4-2-1-3-5-6/h2-5,7H,(H,10,11)(H,12,13). The summed E-state index contributed by atoms with van der Waals surface area (Å²) in [5, 5.41) is 17.2. The Bertz CT molecular complexity index is 304. The second-order valence-electron chi connectivity index (χ2n) is 2.44. The molecule has 1 radical (unpaired) electrons. The molecule has 0 aliphatic carbocycles. The Morgan fingerprint density at radius 2 is 1.62 bits per heavy atom. The first-order valence-electron chi connectivity index (χ1n) is 3.54. The van der Waals surface area contributed by atoms with E-state index in [0.29, 0.717) is 0 Å². The highest BCUT2D eigenvalue weighted by Gasteiger charge is 2.27. The minimum Gasteiger partial charge on any atom is -0.480 e. The molecule has 0 fully saturated rings. The van der Waals surface area contributed by atoms with Crippen molar-refractivity contribution in [2.75, 3.05) is 0 Å². The molecule has 1 aromatic rings. The highest BCUT2D eigenvalue weighted by molar-refractivity contribution is 5.98. The van der Waals surface area contributed by atoms with Crippen LogP contribution in [0.3, 0.4) is 0 Å². The Labute approximate surface area is 74.4 Å². The van der Waals surface area contributed by atoms with Gasteiger partial charge in [-0.1, -0.05) is 24.3 Å². The third-order valence-corrected chi connectivity index (χ3v) is 1.57. The van der Waals surface area contributed by atoms with Gasteiger partial charge in [-0.25, -0.2) is 0 Å². The molecular weight excluding hydrogens is 172 g/mol. The molecule has 0 amide bonds. The van der Waals surface area contributed by atoms with Crippen LogP contribution in [-0.2, 0) is 9.59 Å². The van der Waals surface area contributed by atoms with Crippen molar-refractivity contribution in [3.63, 3.8) is 0 Å². The van der Waals surface area contributed by atoms with Gasteiger partial charge in [-0.05, 0) is 11.6 Å². The van der Waals surface area contributed by atoms with E-state index in [-0.39, 0.29) is 5.56 Å². The van der Waals surface area contributed by atoms with Gasteiger partial charge in [0.25, 0.3) is 0 Å². The maximum atomic E-state index is 10.6. The molecule has 0 unspecified atom stereocenters. The number of benzene rings is 1. The van der Waals surface area contributed by atoms with E-state index in [1.54, 1.807) is 0 Å². The van der Waals surface area contributed by atoms with Crippen molar-refractivity contribution in [2.45, 2.75) is 5.92 Å². The minimum absolute atomic E-state index is 0.249. The zero-order valence-corrected chi connectivity index (χ0v) is 6.60. The fourth-order valence-electron chi connectivity index (χ4n) is 0.983. The van der Waals surface area contributed by atoms with Crippen LogP contribution < -0.4 is 0 Å². The molecule has 0 heterocycles. The molecule has 0 bridgehead atoms. The molecule has 0 spiro atoms. The van der Waals surface area contributed by atoms with Crippen LogP contribution in [0.4, 0.5) is 0 Å². The van der Waals surface area contributed by atoms with Crippen molar-refractivity contribution in [1.29, 1.82) is 0 Å². The third kappa shape index (κ3) is 2.05. The van der Waals surface area contributed by atoms with Gasteiger partial charge in [-0.2, -0.15) is 0 Å². The summed E-state index contributed by atoms with van der Waals surface area (Å²) >= 11 is 0. The molecule has 0 aromatic heterocycles. The second-order valence-corrected chi connectivity index (χ2v) is 2.44. The highest BCUT2D eigenvalue weighted by atomic mass is 16.4. The molecule has 4 nitrogen and oxygen atoms in total. The largest absolute Gasteiger partial charge is 0.480 e. The summed E-state index contributed by atoms with van der Waals surface area (Å²) in [5.74, 6) is -4.22. The number of carboxylic acid groups (broad SMARTS) is 2. The number of hydrogen-bond acceptors (Lipinski definition) is 2. The molecule has 13 heavy (non-hydrogen) atoms. The molecule has 4 heteroatoms. The molecule has 0 saturated heterocycles. The van der Waals surface area contributed by atoms with E-state index in [4.69, 9.17) is 10.2 Å².